The summed E-state index contributed by atoms with van der Waals surface area (Å²) in [6.45, 7) is 5.40. The Hall–Kier alpha value is -0.620. The molecule has 0 atom stereocenters. The minimum absolute atomic E-state index is 0.254. The van der Waals surface area contributed by atoms with Crippen molar-refractivity contribution in [2.24, 2.45) is 0 Å². The highest BCUT2D eigenvalue weighted by molar-refractivity contribution is 7.90. The lowest BCUT2D eigenvalue weighted by Gasteiger charge is -2.34. The largest absolute Gasteiger partial charge is 0.300 e. The number of benzene rings is 1. The standard InChI is InChI=1S/C14H21ClN2O2S/c1-20(18,19)11-10-16-6-8-17(9-7-16)12-13-2-4-14(15)5-3-13/h2-5H,6-12H2,1H3. The molecule has 0 aromatic heterocycles. The van der Waals surface area contributed by atoms with E-state index in [1.165, 1.54) is 11.8 Å². The van der Waals surface area contributed by atoms with Crippen LogP contribution >= 0.6 is 11.6 Å². The quantitative estimate of drug-likeness (QED) is 0.825. The van der Waals surface area contributed by atoms with Crippen LogP contribution < -0.4 is 0 Å². The van der Waals surface area contributed by atoms with Gasteiger partial charge in [0.15, 0.2) is 0 Å². The van der Waals surface area contributed by atoms with Crippen LogP contribution in [0.5, 0.6) is 0 Å². The molecule has 0 amide bonds. The summed E-state index contributed by atoms with van der Waals surface area (Å²) >= 11 is 5.88. The molecule has 1 saturated heterocycles. The number of halogens is 1. The molecule has 0 radical (unpaired) electrons. The molecule has 2 rings (SSSR count). The van der Waals surface area contributed by atoms with Gasteiger partial charge in [-0.05, 0) is 17.7 Å². The molecule has 1 fully saturated rings. The second-order valence-corrected chi connectivity index (χ2v) is 8.07. The van der Waals surface area contributed by atoms with Gasteiger partial charge in [-0.3, -0.25) is 9.80 Å². The molecule has 1 aromatic rings. The van der Waals surface area contributed by atoms with Gasteiger partial charge >= 0.3 is 0 Å². The minimum atomic E-state index is -2.86. The van der Waals surface area contributed by atoms with E-state index in [4.69, 9.17) is 11.6 Å². The van der Waals surface area contributed by atoms with Gasteiger partial charge in [0.2, 0.25) is 0 Å². The van der Waals surface area contributed by atoms with Crippen LogP contribution in [0.2, 0.25) is 5.02 Å². The van der Waals surface area contributed by atoms with Crippen molar-refractivity contribution in [2.75, 3.05) is 44.7 Å². The Morgan fingerprint density at radius 1 is 1.05 bits per heavy atom. The topological polar surface area (TPSA) is 40.6 Å². The Bertz CT molecular complexity index is 523. The molecule has 0 bridgehead atoms. The Kier molecular flexibility index (Phi) is 5.43. The van der Waals surface area contributed by atoms with Gasteiger partial charge < -0.3 is 0 Å². The maximum atomic E-state index is 11.2. The first-order valence-corrected chi connectivity index (χ1v) is 9.23. The predicted molar refractivity (Wildman–Crippen MR) is 82.9 cm³/mol. The Labute approximate surface area is 126 Å². The summed E-state index contributed by atoms with van der Waals surface area (Å²) in [5.74, 6) is 0.254. The van der Waals surface area contributed by atoms with Crippen molar-refractivity contribution in [3.63, 3.8) is 0 Å². The van der Waals surface area contributed by atoms with E-state index in [1.807, 2.05) is 12.1 Å². The van der Waals surface area contributed by atoms with Gasteiger partial charge in [0.1, 0.15) is 9.84 Å². The van der Waals surface area contributed by atoms with E-state index in [-0.39, 0.29) is 5.75 Å². The van der Waals surface area contributed by atoms with Crippen molar-refractivity contribution in [3.8, 4) is 0 Å². The monoisotopic (exact) mass is 316 g/mol. The zero-order valence-electron chi connectivity index (χ0n) is 11.8. The van der Waals surface area contributed by atoms with Crippen LogP contribution in [-0.4, -0.2) is 63.0 Å². The Morgan fingerprint density at radius 3 is 2.15 bits per heavy atom. The molecule has 20 heavy (non-hydrogen) atoms. The van der Waals surface area contributed by atoms with Gasteiger partial charge in [-0.15, -0.1) is 0 Å². The molecule has 1 heterocycles. The fourth-order valence-electron chi connectivity index (χ4n) is 2.31. The van der Waals surface area contributed by atoms with Crippen molar-refractivity contribution in [1.82, 2.24) is 9.80 Å². The molecule has 6 heteroatoms. The number of nitrogens with zero attached hydrogens (tertiary/aromatic N) is 2. The van der Waals surface area contributed by atoms with Gasteiger partial charge in [0, 0.05) is 50.5 Å². The number of sulfone groups is 1. The maximum Gasteiger partial charge on any atom is 0.148 e. The van der Waals surface area contributed by atoms with Crippen molar-refractivity contribution < 1.29 is 8.42 Å². The van der Waals surface area contributed by atoms with E-state index >= 15 is 0 Å². The number of rotatable bonds is 5. The van der Waals surface area contributed by atoms with Crippen molar-refractivity contribution in [1.29, 1.82) is 0 Å². The van der Waals surface area contributed by atoms with Crippen LogP contribution in [-0.2, 0) is 16.4 Å². The first-order chi connectivity index (χ1) is 9.42. The summed E-state index contributed by atoms with van der Waals surface area (Å²) in [7, 11) is -2.86. The smallest absolute Gasteiger partial charge is 0.148 e. The first-order valence-electron chi connectivity index (χ1n) is 6.79. The van der Waals surface area contributed by atoms with Gasteiger partial charge in [0.05, 0.1) is 5.75 Å². The zero-order valence-corrected chi connectivity index (χ0v) is 13.3. The van der Waals surface area contributed by atoms with E-state index < -0.39 is 9.84 Å². The molecule has 1 aliphatic rings. The minimum Gasteiger partial charge on any atom is -0.300 e. The summed E-state index contributed by atoms with van der Waals surface area (Å²) in [6, 6.07) is 7.94. The van der Waals surface area contributed by atoms with Gasteiger partial charge in [0.25, 0.3) is 0 Å². The lowest BCUT2D eigenvalue weighted by atomic mass is 10.2. The number of piperazine rings is 1. The average Bonchev–Trinajstić information content (AvgIpc) is 2.40. The van der Waals surface area contributed by atoms with Crippen LogP contribution in [0.3, 0.4) is 0 Å². The third-order valence-electron chi connectivity index (χ3n) is 3.56. The highest BCUT2D eigenvalue weighted by atomic mass is 35.5. The van der Waals surface area contributed by atoms with Gasteiger partial charge in [-0.25, -0.2) is 8.42 Å². The molecular formula is C14H21ClN2O2S. The molecule has 1 aromatic carbocycles. The SMILES string of the molecule is CS(=O)(=O)CCN1CCN(Cc2ccc(Cl)cc2)CC1. The normalized spacial score (nSPS) is 18.3. The Morgan fingerprint density at radius 2 is 1.60 bits per heavy atom. The fourth-order valence-corrected chi connectivity index (χ4v) is 3.03. The van der Waals surface area contributed by atoms with E-state index in [9.17, 15) is 8.42 Å². The van der Waals surface area contributed by atoms with Crippen LogP contribution in [0.15, 0.2) is 24.3 Å². The zero-order chi connectivity index (χ0) is 14.6. The van der Waals surface area contributed by atoms with Gasteiger partial charge in [-0.2, -0.15) is 0 Å². The van der Waals surface area contributed by atoms with E-state index in [1.54, 1.807) is 0 Å². The predicted octanol–water partition coefficient (Wildman–Crippen LogP) is 1.50. The van der Waals surface area contributed by atoms with Crippen molar-refractivity contribution >= 4 is 21.4 Å². The molecule has 0 unspecified atom stereocenters. The first kappa shape index (κ1) is 15.8. The third-order valence-corrected chi connectivity index (χ3v) is 4.74. The van der Waals surface area contributed by atoms with Crippen LogP contribution in [0.25, 0.3) is 0 Å². The molecule has 0 aliphatic carbocycles. The molecule has 0 saturated carbocycles. The summed E-state index contributed by atoms with van der Waals surface area (Å²) in [5.41, 5.74) is 1.26. The van der Waals surface area contributed by atoms with Gasteiger partial charge in [-0.1, -0.05) is 23.7 Å². The molecular weight excluding hydrogens is 296 g/mol. The van der Waals surface area contributed by atoms with Crippen LogP contribution in [0.1, 0.15) is 5.56 Å². The number of hydrogen-bond acceptors (Lipinski definition) is 4. The van der Waals surface area contributed by atoms with E-state index in [0.717, 1.165) is 37.7 Å². The summed E-state index contributed by atoms with van der Waals surface area (Å²) in [5, 5.41) is 0.763. The highest BCUT2D eigenvalue weighted by Crippen LogP contribution is 2.12. The summed E-state index contributed by atoms with van der Waals surface area (Å²) in [4.78, 5) is 4.61. The van der Waals surface area contributed by atoms with Crippen LogP contribution in [0.4, 0.5) is 0 Å². The molecule has 112 valence electrons. The summed E-state index contributed by atoms with van der Waals surface area (Å²) < 4.78 is 22.3. The third kappa shape index (κ3) is 5.40. The molecule has 0 spiro atoms. The van der Waals surface area contributed by atoms with Crippen molar-refractivity contribution in [2.45, 2.75) is 6.54 Å². The van der Waals surface area contributed by atoms with Crippen molar-refractivity contribution in [3.05, 3.63) is 34.9 Å². The highest BCUT2D eigenvalue weighted by Gasteiger charge is 2.17. The molecule has 0 N–H and O–H groups in total. The fraction of sp³-hybridized carbons (Fsp3) is 0.571. The molecule has 4 nitrogen and oxygen atoms in total. The maximum absolute atomic E-state index is 11.2. The molecule has 1 aliphatic heterocycles. The second kappa shape index (κ2) is 6.89. The van der Waals surface area contributed by atoms with E-state index in [2.05, 4.69) is 21.9 Å². The van der Waals surface area contributed by atoms with E-state index in [0.29, 0.717) is 6.54 Å². The average molecular weight is 317 g/mol. The number of hydrogen-bond donors (Lipinski definition) is 0. The summed E-state index contributed by atoms with van der Waals surface area (Å²) in [6.07, 6.45) is 1.30. The lowest BCUT2D eigenvalue weighted by Crippen LogP contribution is -2.47. The Balaban J connectivity index is 1.75. The lowest BCUT2D eigenvalue weighted by molar-refractivity contribution is 0.132. The second-order valence-electron chi connectivity index (χ2n) is 5.37. The van der Waals surface area contributed by atoms with Crippen LogP contribution in [0, 0.1) is 0 Å².